The highest BCUT2D eigenvalue weighted by Crippen LogP contribution is 2.30. The van der Waals surface area contributed by atoms with Gasteiger partial charge in [0.15, 0.2) is 0 Å². The quantitative estimate of drug-likeness (QED) is 0.662. The maximum absolute atomic E-state index is 12.0. The van der Waals surface area contributed by atoms with Gasteiger partial charge in [-0.3, -0.25) is 9.89 Å². The van der Waals surface area contributed by atoms with Gasteiger partial charge in [0.2, 0.25) is 0 Å². The Morgan fingerprint density at radius 1 is 1.44 bits per heavy atom. The van der Waals surface area contributed by atoms with Crippen molar-refractivity contribution in [2.24, 2.45) is 0 Å². The molecule has 90 valence electrons. The van der Waals surface area contributed by atoms with Crippen LogP contribution in [-0.2, 0) is 0 Å². The van der Waals surface area contributed by atoms with Gasteiger partial charge in [0.05, 0.1) is 11.9 Å². The number of nitrogens with one attached hydrogen (secondary N) is 2. The third kappa shape index (κ3) is 1.82. The predicted molar refractivity (Wildman–Crippen MR) is 70.0 cm³/mol. The first-order chi connectivity index (χ1) is 8.74. The molecule has 0 unspecified atom stereocenters. The lowest BCUT2D eigenvalue weighted by Crippen LogP contribution is -2.11. The van der Waals surface area contributed by atoms with E-state index in [2.05, 4.69) is 15.5 Å². The molecule has 0 saturated carbocycles. The number of fused-ring (bicyclic) bond motifs is 1. The first kappa shape index (κ1) is 10.8. The lowest BCUT2D eigenvalue weighted by atomic mass is 10.1. The fourth-order valence-electron chi connectivity index (χ4n) is 1.71. The summed E-state index contributed by atoms with van der Waals surface area (Å²) < 4.78 is 0.882. The number of thiophene rings is 1. The van der Waals surface area contributed by atoms with Crippen LogP contribution in [0.4, 0.5) is 5.69 Å². The largest absolute Gasteiger partial charge is 0.507 e. The summed E-state index contributed by atoms with van der Waals surface area (Å²) >= 11 is 1.48. The number of aromatic nitrogens is 2. The molecule has 0 spiro atoms. The molecule has 0 radical (unpaired) electrons. The number of benzene rings is 1. The van der Waals surface area contributed by atoms with Gasteiger partial charge in [-0.1, -0.05) is 0 Å². The van der Waals surface area contributed by atoms with Gasteiger partial charge < -0.3 is 10.4 Å². The Morgan fingerprint density at radius 2 is 2.33 bits per heavy atom. The summed E-state index contributed by atoms with van der Waals surface area (Å²) in [6, 6.07) is 5.05. The Labute approximate surface area is 106 Å². The number of aromatic hydroxyl groups is 1. The number of phenolic OH excluding ortho intramolecular Hbond substituents is 1. The molecule has 6 heteroatoms. The highest BCUT2D eigenvalue weighted by Gasteiger charge is 2.11. The fourth-order valence-corrected chi connectivity index (χ4v) is 2.55. The number of rotatable bonds is 2. The van der Waals surface area contributed by atoms with Crippen LogP contribution in [0.1, 0.15) is 10.4 Å². The summed E-state index contributed by atoms with van der Waals surface area (Å²) in [6.45, 7) is 0. The van der Waals surface area contributed by atoms with Crippen molar-refractivity contribution in [2.75, 3.05) is 5.32 Å². The van der Waals surface area contributed by atoms with Crippen LogP contribution < -0.4 is 5.32 Å². The van der Waals surface area contributed by atoms with Gasteiger partial charge in [0, 0.05) is 21.8 Å². The molecule has 0 fully saturated rings. The van der Waals surface area contributed by atoms with Crippen molar-refractivity contribution in [1.29, 1.82) is 0 Å². The summed E-state index contributed by atoms with van der Waals surface area (Å²) in [4.78, 5) is 12.0. The molecule has 1 amide bonds. The molecule has 0 atom stereocenters. The van der Waals surface area contributed by atoms with E-state index in [1.165, 1.54) is 23.6 Å². The van der Waals surface area contributed by atoms with Crippen molar-refractivity contribution in [1.82, 2.24) is 10.2 Å². The highest BCUT2D eigenvalue weighted by molar-refractivity contribution is 7.17. The molecular weight excluding hydrogens is 250 g/mol. The summed E-state index contributed by atoms with van der Waals surface area (Å²) in [5.41, 5.74) is 1.01. The zero-order valence-corrected chi connectivity index (χ0v) is 9.99. The number of anilines is 1. The number of hydrogen-bond acceptors (Lipinski definition) is 4. The van der Waals surface area contributed by atoms with Crippen molar-refractivity contribution in [2.45, 2.75) is 0 Å². The van der Waals surface area contributed by atoms with E-state index in [0.717, 1.165) is 10.1 Å². The highest BCUT2D eigenvalue weighted by atomic mass is 32.1. The normalized spacial score (nSPS) is 10.7. The van der Waals surface area contributed by atoms with Gasteiger partial charge in [0.25, 0.3) is 5.91 Å². The number of phenols is 1. The average molecular weight is 259 g/mol. The fraction of sp³-hybridized carbons (Fsp3) is 0. The van der Waals surface area contributed by atoms with Crippen molar-refractivity contribution >= 4 is 33.0 Å². The van der Waals surface area contributed by atoms with Crippen LogP contribution in [0.2, 0.25) is 0 Å². The first-order valence-corrected chi connectivity index (χ1v) is 6.12. The van der Waals surface area contributed by atoms with Crippen LogP contribution in [0.15, 0.2) is 36.0 Å². The third-order valence-corrected chi connectivity index (χ3v) is 3.43. The van der Waals surface area contributed by atoms with Crippen LogP contribution in [0.25, 0.3) is 10.1 Å². The zero-order valence-electron chi connectivity index (χ0n) is 9.18. The van der Waals surface area contributed by atoms with E-state index in [-0.39, 0.29) is 11.7 Å². The third-order valence-electron chi connectivity index (χ3n) is 2.57. The smallest absolute Gasteiger partial charge is 0.255 e. The molecule has 0 saturated heterocycles. The van der Waals surface area contributed by atoms with Gasteiger partial charge in [-0.2, -0.15) is 5.10 Å². The zero-order chi connectivity index (χ0) is 12.5. The second-order valence-corrected chi connectivity index (χ2v) is 4.72. The lowest BCUT2D eigenvalue weighted by Gasteiger charge is -2.04. The molecule has 5 nitrogen and oxygen atoms in total. The van der Waals surface area contributed by atoms with E-state index >= 15 is 0 Å². The lowest BCUT2D eigenvalue weighted by molar-refractivity contribution is 0.102. The van der Waals surface area contributed by atoms with Crippen molar-refractivity contribution < 1.29 is 9.90 Å². The minimum Gasteiger partial charge on any atom is -0.507 e. The average Bonchev–Trinajstić information content (AvgIpc) is 2.98. The van der Waals surface area contributed by atoms with E-state index in [1.54, 1.807) is 12.3 Å². The molecule has 0 aliphatic rings. The Hall–Kier alpha value is -2.34. The van der Waals surface area contributed by atoms with E-state index in [1.807, 2.05) is 11.4 Å². The number of H-pyrrole nitrogens is 1. The van der Waals surface area contributed by atoms with Gasteiger partial charge in [-0.15, -0.1) is 11.3 Å². The maximum Gasteiger partial charge on any atom is 0.255 e. The molecular formula is C12H9N3O2S. The number of carbonyl (C=O) groups excluding carboxylic acids is 1. The molecule has 3 N–H and O–H groups in total. The Bertz CT molecular complexity index is 703. The second kappa shape index (κ2) is 4.15. The standard InChI is InChI=1S/C12H9N3O2S/c16-10-3-7(4-11-9(10)1-2-18-11)12(17)15-8-5-13-14-6-8/h1-6,16H,(H,13,14)(H,15,17). The van der Waals surface area contributed by atoms with Gasteiger partial charge >= 0.3 is 0 Å². The minimum atomic E-state index is -0.276. The van der Waals surface area contributed by atoms with E-state index in [9.17, 15) is 9.90 Å². The SMILES string of the molecule is O=C(Nc1cn[nH]c1)c1cc(O)c2ccsc2c1. The monoisotopic (exact) mass is 259 g/mol. The number of hydrogen-bond donors (Lipinski definition) is 3. The van der Waals surface area contributed by atoms with Crippen LogP contribution >= 0.6 is 11.3 Å². The molecule has 0 aliphatic carbocycles. The van der Waals surface area contributed by atoms with E-state index in [4.69, 9.17) is 0 Å². The van der Waals surface area contributed by atoms with Crippen LogP contribution in [-0.4, -0.2) is 21.2 Å². The molecule has 18 heavy (non-hydrogen) atoms. The van der Waals surface area contributed by atoms with Gasteiger partial charge in [-0.25, -0.2) is 0 Å². The molecule has 3 aromatic rings. The van der Waals surface area contributed by atoms with Crippen molar-refractivity contribution in [3.05, 3.63) is 41.5 Å². The van der Waals surface area contributed by atoms with Crippen LogP contribution in [0.5, 0.6) is 5.75 Å². The molecule has 2 aromatic heterocycles. The Morgan fingerprint density at radius 3 is 3.11 bits per heavy atom. The van der Waals surface area contributed by atoms with Crippen molar-refractivity contribution in [3.63, 3.8) is 0 Å². The van der Waals surface area contributed by atoms with Crippen LogP contribution in [0, 0.1) is 0 Å². The second-order valence-electron chi connectivity index (χ2n) is 3.77. The van der Waals surface area contributed by atoms with Gasteiger partial charge in [0.1, 0.15) is 5.75 Å². The summed E-state index contributed by atoms with van der Waals surface area (Å²) in [5.74, 6) is -0.159. The van der Waals surface area contributed by atoms with E-state index in [0.29, 0.717) is 11.3 Å². The maximum atomic E-state index is 12.0. The summed E-state index contributed by atoms with van der Waals surface area (Å²) in [5, 5.41) is 21.5. The number of amides is 1. The minimum absolute atomic E-state index is 0.117. The molecule has 0 aliphatic heterocycles. The number of nitrogens with zero attached hydrogens (tertiary/aromatic N) is 1. The van der Waals surface area contributed by atoms with Gasteiger partial charge in [-0.05, 0) is 23.6 Å². The molecule has 0 bridgehead atoms. The Balaban J connectivity index is 1.96. The summed E-state index contributed by atoms with van der Waals surface area (Å²) in [6.07, 6.45) is 3.10. The summed E-state index contributed by atoms with van der Waals surface area (Å²) in [7, 11) is 0. The van der Waals surface area contributed by atoms with Crippen LogP contribution in [0.3, 0.4) is 0 Å². The predicted octanol–water partition coefficient (Wildman–Crippen LogP) is 2.58. The molecule has 1 aromatic carbocycles. The molecule has 2 heterocycles. The number of carbonyl (C=O) groups is 1. The molecule has 3 rings (SSSR count). The van der Waals surface area contributed by atoms with Crippen molar-refractivity contribution in [3.8, 4) is 5.75 Å². The van der Waals surface area contributed by atoms with E-state index < -0.39 is 0 Å². The Kier molecular flexibility index (Phi) is 2.49. The number of aromatic amines is 1. The first-order valence-electron chi connectivity index (χ1n) is 5.24. The topological polar surface area (TPSA) is 78.0 Å².